The third kappa shape index (κ3) is 3.44. The van der Waals surface area contributed by atoms with Crippen LogP contribution in [0.1, 0.15) is 6.92 Å². The van der Waals surface area contributed by atoms with Crippen LogP contribution in [0.3, 0.4) is 0 Å². The number of hydrogen-bond acceptors (Lipinski definition) is 3. The van der Waals surface area contributed by atoms with Gasteiger partial charge in [0.05, 0.1) is 14.6 Å². The highest BCUT2D eigenvalue weighted by Crippen LogP contribution is 2.25. The molecule has 90 valence electrons. The zero-order valence-electron chi connectivity index (χ0n) is 8.26. The van der Waals surface area contributed by atoms with Gasteiger partial charge in [-0.2, -0.15) is 8.42 Å². The van der Waals surface area contributed by atoms with Crippen LogP contribution in [-0.2, 0) is 19.0 Å². The molecule has 0 radical (unpaired) electrons. The topological polar surface area (TPSA) is 63.6 Å². The van der Waals surface area contributed by atoms with Gasteiger partial charge in [-0.05, 0) is 28.1 Å². The molecule has 0 aliphatic carbocycles. The lowest BCUT2D eigenvalue weighted by atomic mass is 10.4. The Morgan fingerprint density at radius 3 is 2.31 bits per heavy atom. The van der Waals surface area contributed by atoms with Crippen molar-refractivity contribution in [3.8, 4) is 0 Å². The Morgan fingerprint density at radius 2 is 1.88 bits per heavy atom. The lowest BCUT2D eigenvalue weighted by Gasteiger charge is -2.08. The van der Waals surface area contributed by atoms with Gasteiger partial charge in [0.2, 0.25) is 0 Å². The summed E-state index contributed by atoms with van der Waals surface area (Å²) in [6, 6.07) is 6.62. The number of benzene rings is 1. The third-order valence-corrected chi connectivity index (χ3v) is 6.74. The molecule has 0 aromatic heterocycles. The van der Waals surface area contributed by atoms with Crippen molar-refractivity contribution in [2.45, 2.75) is 11.8 Å². The molecule has 0 aliphatic heterocycles. The van der Waals surface area contributed by atoms with Crippen LogP contribution in [-0.4, -0.2) is 18.4 Å². The number of rotatable bonds is 3. The second-order valence-electron chi connectivity index (χ2n) is 2.85. The average Bonchev–Trinajstić information content (AvgIpc) is 2.15. The zero-order valence-corrected chi connectivity index (χ0v) is 12.2. The van der Waals surface area contributed by atoms with Gasteiger partial charge in [-0.1, -0.05) is 22.8 Å². The molecule has 1 aromatic carbocycles. The molecular formula is C8H9BrClNO3S2. The Morgan fingerprint density at radius 1 is 1.31 bits per heavy atom. The largest absolute Gasteiger partial charge is 0.347 e. The van der Waals surface area contributed by atoms with Crippen molar-refractivity contribution < 1.29 is 12.6 Å². The summed E-state index contributed by atoms with van der Waals surface area (Å²) in [7, 11) is -2.18. The first-order valence-electron chi connectivity index (χ1n) is 4.24. The van der Waals surface area contributed by atoms with Gasteiger partial charge < -0.3 is 0 Å². The molecule has 1 rings (SSSR count). The van der Waals surface area contributed by atoms with E-state index in [0.29, 0.717) is 9.37 Å². The molecule has 0 N–H and O–H groups in total. The Balaban J connectivity index is 3.57. The lowest BCUT2D eigenvalue weighted by molar-refractivity contribution is 0.611. The number of nitrogens with zero attached hydrogens (tertiary/aromatic N) is 1. The number of halogens is 2. The highest BCUT2D eigenvalue weighted by atomic mass is 79.9. The summed E-state index contributed by atoms with van der Waals surface area (Å²) in [4.78, 5) is 0.335. The second-order valence-corrected chi connectivity index (χ2v) is 8.59. The molecule has 0 amide bonds. The smallest absolute Gasteiger partial charge is 0.244 e. The maximum Gasteiger partial charge on any atom is 0.347 e. The quantitative estimate of drug-likeness (QED) is 0.791. The molecule has 0 saturated heterocycles. The Kier molecular flexibility index (Phi) is 4.39. The SMILES string of the molecule is CC[S@@](=O)(=NS(=O)(=O)Cl)c1ccccc1Br. The van der Waals surface area contributed by atoms with E-state index < -0.39 is 19.0 Å². The van der Waals surface area contributed by atoms with Crippen LogP contribution >= 0.6 is 26.6 Å². The van der Waals surface area contributed by atoms with Gasteiger partial charge in [0.25, 0.3) is 0 Å². The molecule has 1 atom stereocenters. The molecule has 0 heterocycles. The molecule has 16 heavy (non-hydrogen) atoms. The predicted octanol–water partition coefficient (Wildman–Crippen LogP) is 2.78. The summed E-state index contributed by atoms with van der Waals surface area (Å²) in [6.45, 7) is 1.59. The summed E-state index contributed by atoms with van der Waals surface area (Å²) in [5.74, 6) is 0.0710. The molecule has 4 nitrogen and oxygen atoms in total. The van der Waals surface area contributed by atoms with E-state index in [0.717, 1.165) is 0 Å². The first-order chi connectivity index (χ1) is 7.28. The van der Waals surface area contributed by atoms with Gasteiger partial charge in [-0.3, -0.25) is 0 Å². The maximum atomic E-state index is 12.3. The Labute approximate surface area is 108 Å². The van der Waals surface area contributed by atoms with E-state index in [-0.39, 0.29) is 5.75 Å². The normalized spacial score (nSPS) is 15.4. The minimum absolute atomic E-state index is 0.0710. The van der Waals surface area contributed by atoms with Crippen LogP contribution < -0.4 is 0 Å². The molecule has 0 spiro atoms. The summed E-state index contributed by atoms with van der Waals surface area (Å²) < 4.78 is 37.9. The van der Waals surface area contributed by atoms with E-state index in [1.807, 2.05) is 0 Å². The molecular weight excluding hydrogens is 338 g/mol. The van der Waals surface area contributed by atoms with Gasteiger partial charge in [0.1, 0.15) is 0 Å². The van der Waals surface area contributed by atoms with E-state index in [4.69, 9.17) is 10.7 Å². The first kappa shape index (κ1) is 14.0. The van der Waals surface area contributed by atoms with Gasteiger partial charge >= 0.3 is 9.24 Å². The van der Waals surface area contributed by atoms with Crippen molar-refractivity contribution in [2.75, 3.05) is 5.75 Å². The fourth-order valence-electron chi connectivity index (χ4n) is 1.10. The summed E-state index contributed by atoms with van der Waals surface area (Å²) in [5.41, 5.74) is 0. The van der Waals surface area contributed by atoms with Crippen molar-refractivity contribution in [1.82, 2.24) is 0 Å². The van der Waals surface area contributed by atoms with Crippen molar-refractivity contribution in [2.24, 2.45) is 3.77 Å². The summed E-state index contributed by atoms with van der Waals surface area (Å²) in [5, 5.41) is 0. The van der Waals surface area contributed by atoms with Crippen molar-refractivity contribution in [1.29, 1.82) is 0 Å². The van der Waals surface area contributed by atoms with E-state index in [9.17, 15) is 12.6 Å². The van der Waals surface area contributed by atoms with Crippen molar-refractivity contribution >= 4 is 45.6 Å². The van der Waals surface area contributed by atoms with Crippen LogP contribution in [0.4, 0.5) is 0 Å². The maximum absolute atomic E-state index is 12.3. The highest BCUT2D eigenvalue weighted by Gasteiger charge is 2.17. The van der Waals surface area contributed by atoms with Gasteiger partial charge in [0, 0.05) is 20.9 Å². The van der Waals surface area contributed by atoms with Crippen LogP contribution in [0.2, 0.25) is 0 Å². The lowest BCUT2D eigenvalue weighted by Crippen LogP contribution is -2.06. The molecule has 0 bridgehead atoms. The number of hydrogen-bond donors (Lipinski definition) is 0. The Hall–Kier alpha value is -0.110. The molecule has 0 unspecified atom stereocenters. The summed E-state index contributed by atoms with van der Waals surface area (Å²) in [6.07, 6.45) is 0. The minimum atomic E-state index is -4.16. The van der Waals surface area contributed by atoms with E-state index >= 15 is 0 Å². The standard InChI is InChI=1S/C8H9BrClNO3S2/c1-2-15(12,11-16(10,13)14)8-6-4-3-5-7(8)9/h3-6H,2H2,1H3/t15-/m0/s1. The summed E-state index contributed by atoms with van der Waals surface area (Å²) >= 11 is 3.20. The fraction of sp³-hybridized carbons (Fsp3) is 0.250. The second kappa shape index (κ2) is 5.03. The molecule has 8 heteroatoms. The van der Waals surface area contributed by atoms with E-state index in [2.05, 4.69) is 19.7 Å². The first-order valence-corrected chi connectivity index (χ1v) is 8.98. The predicted molar refractivity (Wildman–Crippen MR) is 68.3 cm³/mol. The van der Waals surface area contributed by atoms with Gasteiger partial charge in [-0.15, -0.1) is 0 Å². The zero-order chi connectivity index (χ0) is 12.4. The van der Waals surface area contributed by atoms with Crippen LogP contribution in [0, 0.1) is 0 Å². The van der Waals surface area contributed by atoms with Crippen LogP contribution in [0.15, 0.2) is 37.4 Å². The molecule has 0 aliphatic rings. The molecule has 1 aromatic rings. The van der Waals surface area contributed by atoms with Gasteiger partial charge in [-0.25, -0.2) is 4.21 Å². The molecule has 0 fully saturated rings. The minimum Gasteiger partial charge on any atom is -0.244 e. The Bertz CT molecular complexity index is 605. The van der Waals surface area contributed by atoms with Crippen LogP contribution in [0.25, 0.3) is 0 Å². The third-order valence-electron chi connectivity index (χ3n) is 1.78. The van der Waals surface area contributed by atoms with E-state index in [1.54, 1.807) is 31.2 Å². The highest BCUT2D eigenvalue weighted by molar-refractivity contribution is 9.10. The monoisotopic (exact) mass is 345 g/mol. The fourth-order valence-corrected chi connectivity index (χ4v) is 5.83. The van der Waals surface area contributed by atoms with Crippen molar-refractivity contribution in [3.05, 3.63) is 28.7 Å². The average molecular weight is 347 g/mol. The van der Waals surface area contributed by atoms with E-state index in [1.165, 1.54) is 0 Å². The van der Waals surface area contributed by atoms with Gasteiger partial charge in [0.15, 0.2) is 0 Å². The van der Waals surface area contributed by atoms with Crippen molar-refractivity contribution in [3.63, 3.8) is 0 Å². The molecule has 0 saturated carbocycles. The van der Waals surface area contributed by atoms with Crippen LogP contribution in [0.5, 0.6) is 0 Å².